The molecule has 0 spiro atoms. The van der Waals surface area contributed by atoms with E-state index >= 15 is 0 Å². The summed E-state index contributed by atoms with van der Waals surface area (Å²) in [4.78, 5) is 28.0. The van der Waals surface area contributed by atoms with Crippen LogP contribution in [0.2, 0.25) is 0 Å². The Morgan fingerprint density at radius 3 is 2.14 bits per heavy atom. The molecule has 0 radical (unpaired) electrons. The molecule has 3 rings (SSSR count). The van der Waals surface area contributed by atoms with Crippen molar-refractivity contribution in [3.05, 3.63) is 102 Å². The van der Waals surface area contributed by atoms with E-state index in [0.717, 1.165) is 38.7 Å². The number of aliphatic imine (C=N–C) groups is 1. The SMILES string of the molecule is CCc1ccc(NC)cc1.CN=C(S/C(=C/C=O)c1ccccc1)c1ccc(SC(C)C(=O)O)cc1. The highest BCUT2D eigenvalue weighted by molar-refractivity contribution is 8.22. The molecular weight excluding hydrogens is 488 g/mol. The van der Waals surface area contributed by atoms with Gasteiger partial charge in [-0.15, -0.1) is 11.8 Å². The van der Waals surface area contributed by atoms with Gasteiger partial charge in [-0.2, -0.15) is 0 Å². The minimum atomic E-state index is -0.836. The molecule has 7 heteroatoms. The maximum Gasteiger partial charge on any atom is 0.316 e. The molecule has 0 aliphatic heterocycles. The Morgan fingerprint density at radius 2 is 1.64 bits per heavy atom. The predicted molar refractivity (Wildman–Crippen MR) is 155 cm³/mol. The Kier molecular flexibility index (Phi) is 12.6. The number of anilines is 1. The molecule has 0 bridgehead atoms. The zero-order valence-electron chi connectivity index (χ0n) is 21.0. The highest BCUT2D eigenvalue weighted by Gasteiger charge is 2.13. The van der Waals surface area contributed by atoms with Crippen LogP contribution in [0.3, 0.4) is 0 Å². The van der Waals surface area contributed by atoms with Crippen LogP contribution in [0.15, 0.2) is 94.8 Å². The van der Waals surface area contributed by atoms with Gasteiger partial charge in [0.2, 0.25) is 0 Å². The van der Waals surface area contributed by atoms with Gasteiger partial charge in [0.25, 0.3) is 0 Å². The van der Waals surface area contributed by atoms with E-state index in [-0.39, 0.29) is 0 Å². The average molecular weight is 521 g/mol. The zero-order valence-corrected chi connectivity index (χ0v) is 22.6. The molecule has 0 saturated carbocycles. The van der Waals surface area contributed by atoms with E-state index in [9.17, 15) is 9.59 Å². The van der Waals surface area contributed by atoms with Gasteiger partial charge >= 0.3 is 5.97 Å². The number of aliphatic carboxylic acids is 1. The van der Waals surface area contributed by atoms with Gasteiger partial charge in [0.05, 0.1) is 0 Å². The molecule has 0 amide bonds. The van der Waals surface area contributed by atoms with Gasteiger partial charge < -0.3 is 10.4 Å². The first-order valence-corrected chi connectivity index (χ1v) is 13.2. The van der Waals surface area contributed by atoms with Crippen molar-refractivity contribution in [2.45, 2.75) is 30.4 Å². The second-order valence-electron chi connectivity index (χ2n) is 7.59. The van der Waals surface area contributed by atoms with Crippen molar-refractivity contribution in [1.29, 1.82) is 0 Å². The van der Waals surface area contributed by atoms with Crippen LogP contribution in [-0.4, -0.2) is 41.8 Å². The number of hydrogen-bond acceptors (Lipinski definition) is 6. The molecule has 0 aliphatic rings. The number of carboxylic acids is 1. The molecule has 0 aromatic heterocycles. The van der Waals surface area contributed by atoms with E-state index in [1.54, 1.807) is 14.0 Å². The summed E-state index contributed by atoms with van der Waals surface area (Å²) in [7, 11) is 3.64. The second-order valence-corrected chi connectivity index (χ2v) is 10.0. The second kappa shape index (κ2) is 15.7. The fraction of sp³-hybridized carbons (Fsp3) is 0.207. The van der Waals surface area contributed by atoms with Gasteiger partial charge in [0.1, 0.15) is 16.6 Å². The highest BCUT2D eigenvalue weighted by atomic mass is 32.2. The first kappa shape index (κ1) is 28.9. The molecule has 2 N–H and O–H groups in total. The Morgan fingerprint density at radius 1 is 1.00 bits per heavy atom. The molecule has 0 fully saturated rings. The van der Waals surface area contributed by atoms with Crippen molar-refractivity contribution < 1.29 is 14.7 Å². The number of aldehydes is 1. The third-order valence-electron chi connectivity index (χ3n) is 5.10. The summed E-state index contributed by atoms with van der Waals surface area (Å²) < 4.78 is 0. The molecule has 36 heavy (non-hydrogen) atoms. The molecule has 3 aromatic carbocycles. The highest BCUT2D eigenvalue weighted by Crippen LogP contribution is 2.31. The molecule has 1 atom stereocenters. The molecule has 0 saturated heterocycles. The number of benzene rings is 3. The molecule has 188 valence electrons. The fourth-order valence-corrected chi connectivity index (χ4v) is 4.76. The van der Waals surface area contributed by atoms with Crippen LogP contribution in [0.25, 0.3) is 4.91 Å². The number of nitrogens with one attached hydrogen (secondary N) is 1. The zero-order chi connectivity index (χ0) is 26.3. The Labute approximate surface area is 222 Å². The van der Waals surface area contributed by atoms with Gasteiger partial charge in [0.15, 0.2) is 0 Å². The summed E-state index contributed by atoms with van der Waals surface area (Å²) in [6.07, 6.45) is 3.42. The molecule has 0 aliphatic carbocycles. The summed E-state index contributed by atoms with van der Waals surface area (Å²) in [5.74, 6) is -0.836. The number of thioether (sulfide) groups is 2. The fourth-order valence-electron chi connectivity index (χ4n) is 3.03. The van der Waals surface area contributed by atoms with Crippen LogP contribution in [0.1, 0.15) is 30.5 Å². The van der Waals surface area contributed by atoms with Crippen molar-refractivity contribution in [2.24, 2.45) is 4.99 Å². The van der Waals surface area contributed by atoms with E-state index in [1.807, 2.05) is 61.6 Å². The van der Waals surface area contributed by atoms with E-state index in [4.69, 9.17) is 5.11 Å². The summed E-state index contributed by atoms with van der Waals surface area (Å²) >= 11 is 2.72. The number of allylic oxidation sites excluding steroid dienone is 1. The van der Waals surface area contributed by atoms with E-state index in [1.165, 1.54) is 40.9 Å². The van der Waals surface area contributed by atoms with Gasteiger partial charge in [-0.3, -0.25) is 14.6 Å². The summed E-state index contributed by atoms with van der Waals surface area (Å²) in [6, 6.07) is 25.7. The number of rotatable bonds is 9. The molecule has 3 aromatic rings. The van der Waals surface area contributed by atoms with Crippen molar-refractivity contribution in [3.8, 4) is 0 Å². The standard InChI is InChI=1S/C20H19NO3S2.C9H13N/c1-14(20(23)24)25-17-10-8-16(9-11-17)19(21-2)26-18(12-13-22)15-6-4-3-5-7-15;1-3-8-4-6-9(10-2)7-5-8/h3-14H,1-2H3,(H,23,24);4-7,10H,3H2,1-2H3/b18-12+,21-19?;. The summed E-state index contributed by atoms with van der Waals surface area (Å²) in [6.45, 7) is 3.82. The minimum absolute atomic E-state index is 0.505. The van der Waals surface area contributed by atoms with E-state index in [2.05, 4.69) is 41.5 Å². The number of hydrogen-bond donors (Lipinski definition) is 2. The van der Waals surface area contributed by atoms with Crippen LogP contribution < -0.4 is 5.32 Å². The number of carbonyl (C=O) groups excluding carboxylic acids is 1. The third-order valence-corrected chi connectivity index (χ3v) is 7.40. The maximum atomic E-state index is 11.0. The Hall–Kier alpha value is -3.29. The number of carbonyl (C=O) groups is 2. The lowest BCUT2D eigenvalue weighted by Crippen LogP contribution is -2.10. The maximum absolute atomic E-state index is 11.0. The first-order chi connectivity index (χ1) is 17.4. The Balaban J connectivity index is 0.000000380. The van der Waals surface area contributed by atoms with E-state index in [0.29, 0.717) is 0 Å². The van der Waals surface area contributed by atoms with Crippen LogP contribution in [-0.2, 0) is 16.0 Å². The minimum Gasteiger partial charge on any atom is -0.480 e. The smallest absolute Gasteiger partial charge is 0.316 e. The first-order valence-electron chi connectivity index (χ1n) is 11.5. The van der Waals surface area contributed by atoms with Gasteiger partial charge in [-0.05, 0) is 54.8 Å². The average Bonchev–Trinajstić information content (AvgIpc) is 2.92. The van der Waals surface area contributed by atoms with Crippen molar-refractivity contribution in [2.75, 3.05) is 19.4 Å². The van der Waals surface area contributed by atoms with Crippen molar-refractivity contribution >= 4 is 51.4 Å². The largest absolute Gasteiger partial charge is 0.480 e. The molecule has 1 unspecified atom stereocenters. The van der Waals surface area contributed by atoms with Crippen LogP contribution in [0.4, 0.5) is 5.69 Å². The third kappa shape index (κ3) is 9.40. The lowest BCUT2D eigenvalue weighted by Gasteiger charge is -2.11. The predicted octanol–water partition coefficient (Wildman–Crippen LogP) is 6.89. The summed E-state index contributed by atoms with van der Waals surface area (Å²) in [5.41, 5.74) is 4.43. The topological polar surface area (TPSA) is 78.8 Å². The van der Waals surface area contributed by atoms with Gasteiger partial charge in [-0.25, -0.2) is 0 Å². The van der Waals surface area contributed by atoms with Crippen molar-refractivity contribution in [1.82, 2.24) is 0 Å². The lowest BCUT2D eigenvalue weighted by atomic mass is 10.1. The van der Waals surface area contributed by atoms with Crippen molar-refractivity contribution in [3.63, 3.8) is 0 Å². The Bertz CT molecular complexity index is 1140. The number of aryl methyl sites for hydroxylation is 1. The molecule has 0 heterocycles. The number of carboxylic acid groups (broad SMARTS) is 1. The monoisotopic (exact) mass is 520 g/mol. The van der Waals surface area contributed by atoms with Crippen LogP contribution >= 0.6 is 23.5 Å². The van der Waals surface area contributed by atoms with Gasteiger partial charge in [0, 0.05) is 35.1 Å². The quantitative estimate of drug-likeness (QED) is 0.105. The lowest BCUT2D eigenvalue weighted by molar-refractivity contribution is -0.136. The molecule has 5 nitrogen and oxygen atoms in total. The van der Waals surface area contributed by atoms with Crippen LogP contribution in [0.5, 0.6) is 0 Å². The normalized spacial score (nSPS) is 12.2. The molecular formula is C29H32N2O3S2. The summed E-state index contributed by atoms with van der Waals surface area (Å²) in [5, 5.41) is 12.4. The van der Waals surface area contributed by atoms with Gasteiger partial charge in [-0.1, -0.05) is 73.3 Å². The number of nitrogens with zero attached hydrogens (tertiary/aromatic N) is 1. The van der Waals surface area contributed by atoms with Crippen LogP contribution in [0, 0.1) is 0 Å². The van der Waals surface area contributed by atoms with E-state index < -0.39 is 11.2 Å².